The molecule has 7 heteroatoms. The van der Waals surface area contributed by atoms with Crippen LogP contribution in [0.1, 0.15) is 37.7 Å². The number of aryl methyl sites for hydroxylation is 1. The lowest BCUT2D eigenvalue weighted by Gasteiger charge is -2.20. The summed E-state index contributed by atoms with van der Waals surface area (Å²) < 4.78 is 2.00. The third kappa shape index (κ3) is 5.61. The second kappa shape index (κ2) is 10.3. The number of nitrogens with zero attached hydrogens (tertiary/aromatic N) is 3. The van der Waals surface area contributed by atoms with E-state index in [2.05, 4.69) is 23.3 Å². The van der Waals surface area contributed by atoms with Crippen LogP contribution in [0.5, 0.6) is 0 Å². The van der Waals surface area contributed by atoms with Crippen LogP contribution in [0.3, 0.4) is 0 Å². The molecule has 1 saturated heterocycles. The van der Waals surface area contributed by atoms with Gasteiger partial charge < -0.3 is 10.2 Å². The van der Waals surface area contributed by atoms with Crippen LogP contribution >= 0.6 is 11.8 Å². The maximum absolute atomic E-state index is 12.3. The van der Waals surface area contributed by atoms with E-state index in [1.54, 1.807) is 6.20 Å². The summed E-state index contributed by atoms with van der Waals surface area (Å²) in [6.45, 7) is 4.15. The van der Waals surface area contributed by atoms with E-state index in [1.807, 2.05) is 33.9 Å². The van der Waals surface area contributed by atoms with Crippen molar-refractivity contribution < 1.29 is 9.59 Å². The molecular weight excluding hydrogens is 372 g/mol. The van der Waals surface area contributed by atoms with Crippen molar-refractivity contribution in [2.75, 3.05) is 25.4 Å². The van der Waals surface area contributed by atoms with Crippen LogP contribution in [-0.4, -0.2) is 51.7 Å². The average molecular weight is 401 g/mol. The van der Waals surface area contributed by atoms with Crippen molar-refractivity contribution in [3.63, 3.8) is 0 Å². The molecule has 2 aromatic rings. The summed E-state index contributed by atoms with van der Waals surface area (Å²) in [5, 5.41) is 3.64. The molecule has 1 aliphatic heterocycles. The standard InChI is InChI=1S/C21H28N4O2S/c1-17-8-4-5-9-18(17)25-15-12-23-21(25)28-16-19(26)22-11-10-20(27)24-13-6-2-3-7-14-24/h4-5,8-9,12,15H,2-3,6-7,10-11,13-14,16H2,1H3,(H,22,26). The van der Waals surface area contributed by atoms with Gasteiger partial charge in [0.15, 0.2) is 5.16 Å². The molecule has 0 aliphatic carbocycles. The van der Waals surface area contributed by atoms with Crippen molar-refractivity contribution in [2.45, 2.75) is 44.2 Å². The van der Waals surface area contributed by atoms with E-state index in [-0.39, 0.29) is 17.6 Å². The number of amides is 2. The molecule has 150 valence electrons. The first-order valence-corrected chi connectivity index (χ1v) is 10.9. The van der Waals surface area contributed by atoms with Crippen LogP contribution in [0.15, 0.2) is 41.8 Å². The summed E-state index contributed by atoms with van der Waals surface area (Å²) in [6, 6.07) is 8.08. The zero-order valence-corrected chi connectivity index (χ0v) is 17.2. The van der Waals surface area contributed by atoms with Crippen molar-refractivity contribution >= 4 is 23.6 Å². The van der Waals surface area contributed by atoms with Gasteiger partial charge in [-0.3, -0.25) is 14.2 Å². The molecule has 28 heavy (non-hydrogen) atoms. The second-order valence-corrected chi connectivity index (χ2v) is 7.99. The minimum atomic E-state index is -0.0759. The van der Waals surface area contributed by atoms with E-state index in [4.69, 9.17) is 0 Å². The summed E-state index contributed by atoms with van der Waals surface area (Å²) in [7, 11) is 0. The van der Waals surface area contributed by atoms with Crippen molar-refractivity contribution in [3.8, 4) is 5.69 Å². The topological polar surface area (TPSA) is 67.2 Å². The van der Waals surface area contributed by atoms with Gasteiger partial charge in [0.25, 0.3) is 0 Å². The maximum Gasteiger partial charge on any atom is 0.230 e. The Morgan fingerprint density at radius 3 is 2.64 bits per heavy atom. The molecule has 1 aromatic carbocycles. The van der Waals surface area contributed by atoms with Crippen LogP contribution in [0.2, 0.25) is 0 Å². The number of rotatable bonds is 7. The number of likely N-dealkylation sites (tertiary alicyclic amines) is 1. The molecule has 2 heterocycles. The van der Waals surface area contributed by atoms with Gasteiger partial charge in [0.05, 0.1) is 11.4 Å². The maximum atomic E-state index is 12.3. The van der Waals surface area contributed by atoms with Gasteiger partial charge in [-0.2, -0.15) is 0 Å². The molecule has 1 aliphatic rings. The van der Waals surface area contributed by atoms with Crippen LogP contribution in [-0.2, 0) is 9.59 Å². The van der Waals surface area contributed by atoms with Crippen molar-refractivity contribution in [1.82, 2.24) is 19.8 Å². The smallest absolute Gasteiger partial charge is 0.230 e. The van der Waals surface area contributed by atoms with Gasteiger partial charge in [0, 0.05) is 38.4 Å². The Kier molecular flexibility index (Phi) is 7.54. The van der Waals surface area contributed by atoms with Crippen LogP contribution in [0, 0.1) is 6.92 Å². The second-order valence-electron chi connectivity index (χ2n) is 7.05. The lowest BCUT2D eigenvalue weighted by Crippen LogP contribution is -2.35. The highest BCUT2D eigenvalue weighted by Crippen LogP contribution is 2.22. The largest absolute Gasteiger partial charge is 0.355 e. The number of aromatic nitrogens is 2. The Morgan fingerprint density at radius 2 is 1.89 bits per heavy atom. The SMILES string of the molecule is Cc1ccccc1-n1ccnc1SCC(=O)NCCC(=O)N1CCCCCC1. The first-order chi connectivity index (χ1) is 13.6. The van der Waals surface area contributed by atoms with Gasteiger partial charge in [0.1, 0.15) is 0 Å². The lowest BCUT2D eigenvalue weighted by molar-refractivity contribution is -0.131. The number of carbonyl (C=O) groups is 2. The summed E-state index contributed by atoms with van der Waals surface area (Å²) >= 11 is 1.40. The number of thioether (sulfide) groups is 1. The molecule has 0 bridgehead atoms. The molecular formula is C21H28N4O2S. The van der Waals surface area contributed by atoms with Gasteiger partial charge >= 0.3 is 0 Å². The third-order valence-corrected chi connectivity index (χ3v) is 5.90. The molecule has 1 aromatic heterocycles. The normalized spacial score (nSPS) is 14.5. The number of imidazole rings is 1. The van der Waals surface area contributed by atoms with Gasteiger partial charge in [-0.05, 0) is 31.4 Å². The Hall–Kier alpha value is -2.28. The minimum absolute atomic E-state index is 0.0759. The number of benzene rings is 1. The molecule has 0 unspecified atom stereocenters. The molecule has 2 amide bonds. The number of para-hydroxylation sites is 1. The molecule has 1 fully saturated rings. The average Bonchev–Trinajstić information content (AvgIpc) is 2.98. The third-order valence-electron chi connectivity index (χ3n) is 4.93. The highest BCUT2D eigenvalue weighted by atomic mass is 32.2. The highest BCUT2D eigenvalue weighted by Gasteiger charge is 2.15. The summed E-state index contributed by atoms with van der Waals surface area (Å²) in [5.74, 6) is 0.346. The lowest BCUT2D eigenvalue weighted by atomic mass is 10.2. The number of carbonyl (C=O) groups excluding carboxylic acids is 2. The monoisotopic (exact) mass is 400 g/mol. The Labute approximate surface area is 170 Å². The summed E-state index contributed by atoms with van der Waals surface area (Å²) in [6.07, 6.45) is 8.60. The molecule has 3 rings (SSSR count). The van der Waals surface area contributed by atoms with Crippen LogP contribution in [0.4, 0.5) is 0 Å². The molecule has 1 N–H and O–H groups in total. The van der Waals surface area contributed by atoms with E-state index in [1.165, 1.54) is 24.6 Å². The molecule has 0 spiro atoms. The first kappa shape index (κ1) is 20.5. The van der Waals surface area contributed by atoms with Crippen molar-refractivity contribution in [2.24, 2.45) is 0 Å². The van der Waals surface area contributed by atoms with E-state index < -0.39 is 0 Å². The minimum Gasteiger partial charge on any atom is -0.355 e. The fraction of sp³-hybridized carbons (Fsp3) is 0.476. The van der Waals surface area contributed by atoms with Gasteiger partial charge in [0.2, 0.25) is 11.8 Å². The van der Waals surface area contributed by atoms with E-state index in [0.29, 0.717) is 13.0 Å². The molecule has 0 atom stereocenters. The van der Waals surface area contributed by atoms with E-state index >= 15 is 0 Å². The fourth-order valence-electron chi connectivity index (χ4n) is 3.38. The summed E-state index contributed by atoms with van der Waals surface area (Å²) in [4.78, 5) is 30.7. The molecule has 6 nitrogen and oxygen atoms in total. The van der Waals surface area contributed by atoms with Crippen LogP contribution in [0.25, 0.3) is 5.69 Å². The van der Waals surface area contributed by atoms with Gasteiger partial charge in [-0.15, -0.1) is 0 Å². The number of nitrogens with one attached hydrogen (secondary N) is 1. The molecule has 0 saturated carbocycles. The van der Waals surface area contributed by atoms with Crippen molar-refractivity contribution in [3.05, 3.63) is 42.2 Å². The van der Waals surface area contributed by atoms with Gasteiger partial charge in [-0.25, -0.2) is 4.98 Å². The number of hydrogen-bond donors (Lipinski definition) is 1. The highest BCUT2D eigenvalue weighted by molar-refractivity contribution is 7.99. The van der Waals surface area contributed by atoms with Gasteiger partial charge in [-0.1, -0.05) is 42.8 Å². The Bertz CT molecular complexity index is 797. The first-order valence-electron chi connectivity index (χ1n) is 9.92. The zero-order chi connectivity index (χ0) is 19.8. The quantitative estimate of drug-likeness (QED) is 0.725. The van der Waals surface area contributed by atoms with Crippen molar-refractivity contribution in [1.29, 1.82) is 0 Å². The Morgan fingerprint density at radius 1 is 1.14 bits per heavy atom. The predicted octanol–water partition coefficient (Wildman–Crippen LogP) is 3.18. The molecule has 0 radical (unpaired) electrons. The number of hydrogen-bond acceptors (Lipinski definition) is 4. The summed E-state index contributed by atoms with van der Waals surface area (Å²) in [5.41, 5.74) is 2.21. The Balaban J connectivity index is 1.43. The fourth-order valence-corrected chi connectivity index (χ4v) is 4.18. The predicted molar refractivity (Wildman–Crippen MR) is 112 cm³/mol. The van der Waals surface area contributed by atoms with E-state index in [0.717, 1.165) is 42.3 Å². The van der Waals surface area contributed by atoms with Crippen LogP contribution < -0.4 is 5.32 Å². The van der Waals surface area contributed by atoms with E-state index in [9.17, 15) is 9.59 Å². The zero-order valence-electron chi connectivity index (χ0n) is 16.4.